The van der Waals surface area contributed by atoms with E-state index in [1.807, 2.05) is 19.1 Å². The topological polar surface area (TPSA) is 132 Å². The van der Waals surface area contributed by atoms with Crippen molar-refractivity contribution in [2.24, 2.45) is 17.2 Å². The van der Waals surface area contributed by atoms with Crippen molar-refractivity contribution in [3.8, 4) is 0 Å². The van der Waals surface area contributed by atoms with Gasteiger partial charge in [-0.25, -0.2) is 0 Å². The second-order valence-electron chi connectivity index (χ2n) is 6.19. The predicted octanol–water partition coefficient (Wildman–Crippen LogP) is 2.67. The van der Waals surface area contributed by atoms with E-state index in [4.69, 9.17) is 22.3 Å². The van der Waals surface area contributed by atoms with Gasteiger partial charge in [0.15, 0.2) is 6.29 Å². The van der Waals surface area contributed by atoms with Gasteiger partial charge in [0.25, 0.3) is 0 Å². The summed E-state index contributed by atoms with van der Waals surface area (Å²) in [5.41, 5.74) is 16.1. The minimum Gasteiger partial charge on any atom is -0.480 e. The third-order valence-corrected chi connectivity index (χ3v) is 4.74. The van der Waals surface area contributed by atoms with Crippen molar-refractivity contribution in [2.75, 3.05) is 6.54 Å². The molecule has 1 aliphatic carbocycles. The van der Waals surface area contributed by atoms with Crippen LogP contribution in [0.1, 0.15) is 65.9 Å². The molecule has 7 N–H and O–H groups in total. The summed E-state index contributed by atoms with van der Waals surface area (Å²) < 4.78 is 0. The zero-order chi connectivity index (χ0) is 19.1. The van der Waals surface area contributed by atoms with Gasteiger partial charge in [0.2, 0.25) is 0 Å². The molecule has 6 nitrogen and oxygen atoms in total. The quantitative estimate of drug-likeness (QED) is 0.449. The second-order valence-corrected chi connectivity index (χ2v) is 7.51. The highest BCUT2D eigenvalue weighted by Gasteiger charge is 2.09. The van der Waals surface area contributed by atoms with Crippen molar-refractivity contribution in [3.63, 3.8) is 0 Å². The second kappa shape index (κ2) is 15.0. The van der Waals surface area contributed by atoms with Crippen LogP contribution in [-0.2, 0) is 4.79 Å². The first-order valence-corrected chi connectivity index (χ1v) is 9.68. The number of aldehydes is 1. The van der Waals surface area contributed by atoms with Gasteiger partial charge >= 0.3 is 5.97 Å². The Hall–Kier alpha value is -1.28. The molecule has 144 valence electrons. The number of hydrogen-bond donors (Lipinski definition) is 4. The number of thiophene rings is 1. The van der Waals surface area contributed by atoms with Crippen LogP contribution in [0.5, 0.6) is 0 Å². The Morgan fingerprint density at radius 1 is 1.32 bits per heavy atom. The molecule has 0 saturated heterocycles. The molecule has 1 heterocycles. The first kappa shape index (κ1) is 23.7. The number of aryl methyl sites for hydroxylation is 1. The van der Waals surface area contributed by atoms with Gasteiger partial charge < -0.3 is 22.3 Å². The average molecular weight is 372 g/mol. The molecule has 1 aromatic heterocycles. The summed E-state index contributed by atoms with van der Waals surface area (Å²) in [4.78, 5) is 22.2. The van der Waals surface area contributed by atoms with Gasteiger partial charge in [-0.2, -0.15) is 0 Å². The molecule has 0 aromatic carbocycles. The first-order valence-electron chi connectivity index (χ1n) is 8.86. The summed E-state index contributed by atoms with van der Waals surface area (Å²) in [6.07, 6.45) is 9.70. The largest absolute Gasteiger partial charge is 0.480 e. The van der Waals surface area contributed by atoms with Crippen LogP contribution < -0.4 is 17.2 Å². The van der Waals surface area contributed by atoms with Crippen LogP contribution in [0.4, 0.5) is 0 Å². The fourth-order valence-corrected chi connectivity index (χ4v) is 2.98. The fraction of sp³-hybridized carbons (Fsp3) is 0.667. The SMILES string of the molecule is Cc1ccc(C=O)s1.NC1CCCCC1.NCCCCC(N)C(=O)O. The van der Waals surface area contributed by atoms with Crippen molar-refractivity contribution in [1.29, 1.82) is 0 Å². The lowest BCUT2D eigenvalue weighted by Crippen LogP contribution is -2.29. The van der Waals surface area contributed by atoms with Gasteiger partial charge in [-0.05, 0) is 51.3 Å². The molecular weight excluding hydrogens is 338 g/mol. The molecule has 0 bridgehead atoms. The molecular formula is C18H33N3O3S. The van der Waals surface area contributed by atoms with Gasteiger partial charge in [0, 0.05) is 10.9 Å². The minimum absolute atomic E-state index is 0.520. The van der Waals surface area contributed by atoms with Crippen molar-refractivity contribution in [3.05, 3.63) is 21.9 Å². The van der Waals surface area contributed by atoms with Gasteiger partial charge in [-0.15, -0.1) is 11.3 Å². The van der Waals surface area contributed by atoms with E-state index in [2.05, 4.69) is 0 Å². The van der Waals surface area contributed by atoms with Crippen LogP contribution in [0.2, 0.25) is 0 Å². The van der Waals surface area contributed by atoms with Crippen molar-refractivity contribution in [1.82, 2.24) is 0 Å². The van der Waals surface area contributed by atoms with Gasteiger partial charge in [0.1, 0.15) is 6.04 Å². The molecule has 25 heavy (non-hydrogen) atoms. The van der Waals surface area contributed by atoms with Crippen molar-refractivity contribution < 1.29 is 14.7 Å². The maximum atomic E-state index is 10.1. The highest BCUT2D eigenvalue weighted by Crippen LogP contribution is 2.14. The van der Waals surface area contributed by atoms with E-state index in [1.165, 1.54) is 48.3 Å². The third kappa shape index (κ3) is 13.7. The Morgan fingerprint density at radius 2 is 1.96 bits per heavy atom. The smallest absolute Gasteiger partial charge is 0.320 e. The molecule has 1 saturated carbocycles. The van der Waals surface area contributed by atoms with E-state index >= 15 is 0 Å². The molecule has 0 radical (unpaired) electrons. The summed E-state index contributed by atoms with van der Waals surface area (Å²) in [5.74, 6) is -0.933. The Morgan fingerprint density at radius 3 is 2.28 bits per heavy atom. The van der Waals surface area contributed by atoms with E-state index < -0.39 is 12.0 Å². The molecule has 0 aliphatic heterocycles. The molecule has 1 unspecified atom stereocenters. The van der Waals surface area contributed by atoms with Crippen LogP contribution in [0.3, 0.4) is 0 Å². The van der Waals surface area contributed by atoms with Crippen molar-refractivity contribution in [2.45, 2.75) is 70.4 Å². The Kier molecular flexibility index (Phi) is 14.2. The molecule has 1 aliphatic rings. The number of unbranched alkanes of at least 4 members (excludes halogenated alkanes) is 1. The van der Waals surface area contributed by atoms with Gasteiger partial charge in [-0.1, -0.05) is 25.7 Å². The average Bonchev–Trinajstić information content (AvgIpc) is 3.02. The Bertz CT molecular complexity index is 474. The molecule has 0 amide bonds. The van der Waals surface area contributed by atoms with Gasteiger partial charge in [-0.3, -0.25) is 9.59 Å². The van der Waals surface area contributed by atoms with Crippen LogP contribution in [-0.4, -0.2) is 36.0 Å². The lowest BCUT2D eigenvalue weighted by atomic mass is 9.97. The summed E-state index contributed by atoms with van der Waals surface area (Å²) in [7, 11) is 0. The maximum Gasteiger partial charge on any atom is 0.320 e. The van der Waals surface area contributed by atoms with Crippen molar-refractivity contribution >= 4 is 23.6 Å². The summed E-state index contributed by atoms with van der Waals surface area (Å²) >= 11 is 1.52. The van der Waals surface area contributed by atoms with E-state index in [1.54, 1.807) is 0 Å². The normalized spacial score (nSPS) is 15.2. The maximum absolute atomic E-state index is 10.1. The van der Waals surface area contributed by atoms with E-state index in [-0.39, 0.29) is 0 Å². The number of nitrogens with two attached hydrogens (primary N) is 3. The Balaban J connectivity index is 0.000000350. The number of hydrogen-bond acceptors (Lipinski definition) is 6. The zero-order valence-corrected chi connectivity index (χ0v) is 16.0. The van der Waals surface area contributed by atoms with E-state index in [0.29, 0.717) is 19.0 Å². The fourth-order valence-electron chi connectivity index (χ4n) is 2.28. The molecule has 2 rings (SSSR count). The zero-order valence-electron chi connectivity index (χ0n) is 15.2. The van der Waals surface area contributed by atoms with Crippen LogP contribution in [0.15, 0.2) is 12.1 Å². The Labute approximate surface area is 154 Å². The molecule has 0 spiro atoms. The van der Waals surface area contributed by atoms with E-state index in [0.717, 1.165) is 24.0 Å². The minimum atomic E-state index is -0.933. The summed E-state index contributed by atoms with van der Waals surface area (Å²) in [5, 5.41) is 8.33. The standard InChI is InChI=1S/C6H14N2O2.C6H13N.C6H6OS/c7-4-2-1-3-5(8)6(9)10;7-6-4-2-1-3-5-6;1-5-2-3-6(4-7)8-5/h5H,1-4,7-8H2,(H,9,10);6H,1-5,7H2;2-4H,1H3. The number of carboxylic acids is 1. The summed E-state index contributed by atoms with van der Waals surface area (Å²) in [6, 6.07) is 3.58. The van der Waals surface area contributed by atoms with E-state index in [9.17, 15) is 9.59 Å². The highest BCUT2D eigenvalue weighted by atomic mass is 32.1. The lowest BCUT2D eigenvalue weighted by molar-refractivity contribution is -0.138. The molecule has 1 atom stereocenters. The third-order valence-electron chi connectivity index (χ3n) is 3.81. The number of aliphatic carboxylic acids is 1. The monoisotopic (exact) mass is 371 g/mol. The summed E-state index contributed by atoms with van der Waals surface area (Å²) in [6.45, 7) is 2.59. The highest BCUT2D eigenvalue weighted by molar-refractivity contribution is 7.13. The number of carbonyl (C=O) groups excluding carboxylic acids is 1. The number of rotatable bonds is 6. The van der Waals surface area contributed by atoms with Crippen LogP contribution in [0.25, 0.3) is 0 Å². The molecule has 1 aromatic rings. The lowest BCUT2D eigenvalue weighted by Gasteiger charge is -2.15. The van der Waals surface area contributed by atoms with Crippen LogP contribution in [0, 0.1) is 6.92 Å². The molecule has 1 fully saturated rings. The van der Waals surface area contributed by atoms with Gasteiger partial charge in [0.05, 0.1) is 4.88 Å². The first-order chi connectivity index (χ1) is 11.9. The number of carboxylic acid groups (broad SMARTS) is 1. The number of carbonyl (C=O) groups is 2. The molecule has 7 heteroatoms. The van der Waals surface area contributed by atoms with Crippen LogP contribution >= 0.6 is 11.3 Å². The predicted molar refractivity (Wildman–Crippen MR) is 104 cm³/mol.